The van der Waals surface area contributed by atoms with Gasteiger partial charge in [0.2, 0.25) is 0 Å². The highest BCUT2D eigenvalue weighted by Crippen LogP contribution is 2.26. The van der Waals surface area contributed by atoms with Gasteiger partial charge in [0.25, 0.3) is 0 Å². The first-order chi connectivity index (χ1) is 9.56. The van der Waals surface area contributed by atoms with E-state index in [2.05, 4.69) is 26.0 Å². The molecule has 0 N–H and O–H groups in total. The number of rotatable bonds is 5. The van der Waals surface area contributed by atoms with Crippen LogP contribution in [0.1, 0.15) is 25.0 Å². The average Bonchev–Trinajstić information content (AvgIpc) is 2.39. The van der Waals surface area contributed by atoms with Crippen molar-refractivity contribution in [2.45, 2.75) is 26.9 Å². The van der Waals surface area contributed by atoms with Crippen LogP contribution in [0.25, 0.3) is 0 Å². The van der Waals surface area contributed by atoms with Gasteiger partial charge < -0.3 is 4.74 Å². The molecule has 0 saturated heterocycles. The Morgan fingerprint density at radius 3 is 2.10 bits per heavy atom. The molecular weight excluding hydrogens is 291 g/mol. The summed E-state index contributed by atoms with van der Waals surface area (Å²) in [5.74, 6) is 1.48. The standard InChI is InChI=1S/C17H18Cl2O/c1-12(2)10-13-6-8-14(9-7-13)20-11-15-16(18)4-3-5-17(15)19/h3-9,12H,10-11H2,1-2H3. The first-order valence-corrected chi connectivity index (χ1v) is 7.46. The predicted octanol–water partition coefficient (Wildman–Crippen LogP) is 5.77. The largest absolute Gasteiger partial charge is 0.489 e. The molecule has 106 valence electrons. The van der Waals surface area contributed by atoms with Gasteiger partial charge in [0.1, 0.15) is 12.4 Å². The molecule has 0 aliphatic heterocycles. The van der Waals surface area contributed by atoms with Gasteiger partial charge in [-0.15, -0.1) is 0 Å². The molecule has 0 atom stereocenters. The van der Waals surface area contributed by atoms with Gasteiger partial charge in [0.05, 0.1) is 0 Å². The SMILES string of the molecule is CC(C)Cc1ccc(OCc2c(Cl)cccc2Cl)cc1. The third-order valence-electron chi connectivity index (χ3n) is 3.01. The maximum absolute atomic E-state index is 6.11. The minimum absolute atomic E-state index is 0.377. The number of benzene rings is 2. The first kappa shape index (κ1) is 15.2. The summed E-state index contributed by atoms with van der Waals surface area (Å²) in [6.45, 7) is 4.80. The minimum Gasteiger partial charge on any atom is -0.489 e. The molecule has 2 aromatic rings. The number of ether oxygens (including phenoxy) is 1. The Morgan fingerprint density at radius 2 is 1.55 bits per heavy atom. The van der Waals surface area contributed by atoms with Crippen molar-refractivity contribution < 1.29 is 4.74 Å². The number of hydrogen-bond acceptors (Lipinski definition) is 1. The van der Waals surface area contributed by atoms with Crippen molar-refractivity contribution in [3.8, 4) is 5.75 Å². The van der Waals surface area contributed by atoms with Gasteiger partial charge >= 0.3 is 0 Å². The van der Waals surface area contributed by atoms with Crippen molar-refractivity contribution in [3.63, 3.8) is 0 Å². The molecular formula is C17H18Cl2O. The van der Waals surface area contributed by atoms with Crippen LogP contribution in [0.4, 0.5) is 0 Å². The van der Waals surface area contributed by atoms with E-state index in [1.165, 1.54) is 5.56 Å². The zero-order valence-electron chi connectivity index (χ0n) is 11.7. The van der Waals surface area contributed by atoms with Crippen molar-refractivity contribution in [2.24, 2.45) is 5.92 Å². The molecule has 2 aromatic carbocycles. The Kier molecular flexibility index (Phi) is 5.33. The lowest BCUT2D eigenvalue weighted by Gasteiger charge is -2.10. The topological polar surface area (TPSA) is 9.23 Å². The molecule has 0 aromatic heterocycles. The fourth-order valence-corrected chi connectivity index (χ4v) is 2.53. The molecule has 1 nitrogen and oxygen atoms in total. The Hall–Kier alpha value is -1.18. The normalized spacial score (nSPS) is 10.8. The van der Waals surface area contributed by atoms with E-state index in [1.807, 2.05) is 30.3 Å². The van der Waals surface area contributed by atoms with Crippen LogP contribution in [0.15, 0.2) is 42.5 Å². The fraction of sp³-hybridized carbons (Fsp3) is 0.294. The molecule has 2 rings (SSSR count). The third-order valence-corrected chi connectivity index (χ3v) is 3.72. The fourth-order valence-electron chi connectivity index (χ4n) is 2.02. The van der Waals surface area contributed by atoms with Crippen LogP contribution in [-0.2, 0) is 13.0 Å². The lowest BCUT2D eigenvalue weighted by molar-refractivity contribution is 0.306. The van der Waals surface area contributed by atoms with E-state index < -0.39 is 0 Å². The summed E-state index contributed by atoms with van der Waals surface area (Å²) in [7, 11) is 0. The summed E-state index contributed by atoms with van der Waals surface area (Å²) in [6.07, 6.45) is 1.08. The molecule has 0 amide bonds. The molecule has 0 unspecified atom stereocenters. The lowest BCUT2D eigenvalue weighted by atomic mass is 10.0. The number of hydrogen-bond donors (Lipinski definition) is 0. The van der Waals surface area contributed by atoms with Crippen molar-refractivity contribution >= 4 is 23.2 Å². The smallest absolute Gasteiger partial charge is 0.119 e. The Balaban J connectivity index is 2.00. The molecule has 0 spiro atoms. The zero-order chi connectivity index (χ0) is 14.5. The second-order valence-corrected chi connectivity index (χ2v) is 6.05. The summed E-state index contributed by atoms with van der Waals surface area (Å²) in [6, 6.07) is 13.6. The summed E-state index contributed by atoms with van der Waals surface area (Å²) in [5.41, 5.74) is 2.14. The maximum atomic E-state index is 6.11. The lowest BCUT2D eigenvalue weighted by Crippen LogP contribution is -1.98. The van der Waals surface area contributed by atoms with Crippen LogP contribution in [0.5, 0.6) is 5.75 Å². The number of halogens is 2. The minimum atomic E-state index is 0.377. The predicted molar refractivity (Wildman–Crippen MR) is 85.8 cm³/mol. The molecule has 3 heteroatoms. The van der Waals surface area contributed by atoms with Crippen LogP contribution < -0.4 is 4.74 Å². The van der Waals surface area contributed by atoms with Gasteiger partial charge in [-0.1, -0.05) is 55.2 Å². The van der Waals surface area contributed by atoms with Gasteiger partial charge in [-0.3, -0.25) is 0 Å². The zero-order valence-corrected chi connectivity index (χ0v) is 13.2. The van der Waals surface area contributed by atoms with Crippen LogP contribution in [0.3, 0.4) is 0 Å². The van der Waals surface area contributed by atoms with E-state index in [0.717, 1.165) is 17.7 Å². The monoisotopic (exact) mass is 308 g/mol. The third kappa shape index (κ3) is 4.16. The van der Waals surface area contributed by atoms with Crippen LogP contribution in [0.2, 0.25) is 10.0 Å². The summed E-state index contributed by atoms with van der Waals surface area (Å²) in [4.78, 5) is 0. The van der Waals surface area contributed by atoms with Gasteiger partial charge in [-0.05, 0) is 42.2 Å². The van der Waals surface area contributed by atoms with E-state index in [0.29, 0.717) is 22.6 Å². The van der Waals surface area contributed by atoms with Crippen LogP contribution in [0, 0.1) is 5.92 Å². The van der Waals surface area contributed by atoms with E-state index in [1.54, 1.807) is 0 Å². The highest BCUT2D eigenvalue weighted by Gasteiger charge is 2.06. The molecule has 0 saturated carbocycles. The van der Waals surface area contributed by atoms with Crippen molar-refractivity contribution in [1.82, 2.24) is 0 Å². The van der Waals surface area contributed by atoms with Crippen LogP contribution in [-0.4, -0.2) is 0 Å². The van der Waals surface area contributed by atoms with Crippen molar-refractivity contribution in [1.29, 1.82) is 0 Å². The molecule has 0 bridgehead atoms. The Morgan fingerprint density at radius 1 is 0.950 bits per heavy atom. The van der Waals surface area contributed by atoms with Gasteiger partial charge in [0, 0.05) is 15.6 Å². The van der Waals surface area contributed by atoms with Gasteiger partial charge in [-0.25, -0.2) is 0 Å². The second-order valence-electron chi connectivity index (χ2n) is 5.23. The van der Waals surface area contributed by atoms with Gasteiger partial charge in [-0.2, -0.15) is 0 Å². The Labute approximate surface area is 130 Å². The molecule has 0 aliphatic carbocycles. The molecule has 0 radical (unpaired) electrons. The quantitative estimate of drug-likeness (QED) is 0.681. The molecule has 0 fully saturated rings. The highest BCUT2D eigenvalue weighted by molar-refractivity contribution is 6.35. The Bertz CT molecular complexity index is 541. The molecule has 20 heavy (non-hydrogen) atoms. The first-order valence-electron chi connectivity index (χ1n) is 6.71. The molecule has 0 heterocycles. The van der Waals surface area contributed by atoms with Crippen LogP contribution >= 0.6 is 23.2 Å². The second kappa shape index (κ2) is 7.01. The van der Waals surface area contributed by atoms with E-state index in [9.17, 15) is 0 Å². The highest BCUT2D eigenvalue weighted by atomic mass is 35.5. The van der Waals surface area contributed by atoms with Gasteiger partial charge in [0.15, 0.2) is 0 Å². The van der Waals surface area contributed by atoms with E-state index in [4.69, 9.17) is 27.9 Å². The summed E-state index contributed by atoms with van der Waals surface area (Å²) in [5, 5.41) is 1.27. The van der Waals surface area contributed by atoms with Crippen molar-refractivity contribution in [3.05, 3.63) is 63.6 Å². The summed E-state index contributed by atoms with van der Waals surface area (Å²) >= 11 is 12.2. The average molecular weight is 309 g/mol. The van der Waals surface area contributed by atoms with E-state index >= 15 is 0 Å². The van der Waals surface area contributed by atoms with E-state index in [-0.39, 0.29) is 0 Å². The molecule has 0 aliphatic rings. The van der Waals surface area contributed by atoms with Crippen molar-refractivity contribution in [2.75, 3.05) is 0 Å². The maximum Gasteiger partial charge on any atom is 0.119 e. The summed E-state index contributed by atoms with van der Waals surface area (Å²) < 4.78 is 5.74.